The lowest BCUT2D eigenvalue weighted by Gasteiger charge is -2.12. The molecule has 0 aromatic carbocycles. The molecule has 0 fully saturated rings. The standard InChI is InChI=1S/C13H19N5O/c1-5-11-16-12(14-4)9(3)13(17-11)15-7-10-6-8(2)19-18-10/h6H,5,7H2,1-4H3,(H2,14,15,16,17). The molecular formula is C13H19N5O. The summed E-state index contributed by atoms with van der Waals surface area (Å²) in [7, 11) is 1.86. The molecule has 0 aliphatic heterocycles. The zero-order valence-electron chi connectivity index (χ0n) is 11.7. The van der Waals surface area contributed by atoms with E-state index in [0.717, 1.165) is 40.9 Å². The molecule has 0 amide bonds. The molecule has 0 bridgehead atoms. The van der Waals surface area contributed by atoms with Crippen LogP contribution < -0.4 is 10.6 Å². The smallest absolute Gasteiger partial charge is 0.135 e. The molecule has 6 heteroatoms. The summed E-state index contributed by atoms with van der Waals surface area (Å²) in [5.74, 6) is 3.30. The number of hydrogen-bond acceptors (Lipinski definition) is 6. The molecule has 2 rings (SSSR count). The van der Waals surface area contributed by atoms with E-state index in [0.29, 0.717) is 6.54 Å². The summed E-state index contributed by atoms with van der Waals surface area (Å²) < 4.78 is 5.04. The fourth-order valence-electron chi connectivity index (χ4n) is 1.81. The first-order valence-corrected chi connectivity index (χ1v) is 6.35. The summed E-state index contributed by atoms with van der Waals surface area (Å²) in [6.45, 7) is 6.48. The molecular weight excluding hydrogens is 242 g/mol. The molecule has 0 spiro atoms. The minimum Gasteiger partial charge on any atom is -0.373 e. The predicted octanol–water partition coefficient (Wildman–Crippen LogP) is 2.30. The van der Waals surface area contributed by atoms with Gasteiger partial charge in [0.05, 0.1) is 6.54 Å². The van der Waals surface area contributed by atoms with Gasteiger partial charge in [0.15, 0.2) is 0 Å². The molecule has 0 saturated heterocycles. The fraction of sp³-hybridized carbons (Fsp3) is 0.462. The highest BCUT2D eigenvalue weighted by Gasteiger charge is 2.09. The third-order valence-corrected chi connectivity index (χ3v) is 2.86. The summed E-state index contributed by atoms with van der Waals surface area (Å²) >= 11 is 0. The molecule has 0 radical (unpaired) electrons. The van der Waals surface area contributed by atoms with Crippen molar-refractivity contribution >= 4 is 11.6 Å². The fourth-order valence-corrected chi connectivity index (χ4v) is 1.81. The maximum Gasteiger partial charge on any atom is 0.135 e. The van der Waals surface area contributed by atoms with Crippen LogP contribution in [0.15, 0.2) is 10.6 Å². The van der Waals surface area contributed by atoms with Crippen LogP contribution in [-0.2, 0) is 13.0 Å². The molecule has 2 aromatic heterocycles. The van der Waals surface area contributed by atoms with Crippen LogP contribution in [0.1, 0.15) is 29.8 Å². The number of rotatable bonds is 5. The lowest BCUT2D eigenvalue weighted by atomic mass is 10.2. The second kappa shape index (κ2) is 5.69. The Hall–Kier alpha value is -2.11. The largest absolute Gasteiger partial charge is 0.373 e. The number of anilines is 2. The zero-order valence-corrected chi connectivity index (χ0v) is 11.7. The van der Waals surface area contributed by atoms with E-state index >= 15 is 0 Å². The van der Waals surface area contributed by atoms with E-state index in [1.54, 1.807) is 0 Å². The predicted molar refractivity (Wildman–Crippen MR) is 74.3 cm³/mol. The van der Waals surface area contributed by atoms with Gasteiger partial charge in [0.2, 0.25) is 0 Å². The van der Waals surface area contributed by atoms with Gasteiger partial charge in [-0.15, -0.1) is 0 Å². The maximum atomic E-state index is 5.04. The van der Waals surface area contributed by atoms with Gasteiger partial charge in [-0.25, -0.2) is 9.97 Å². The van der Waals surface area contributed by atoms with Crippen LogP contribution in [0, 0.1) is 13.8 Å². The van der Waals surface area contributed by atoms with Crippen LogP contribution in [0.2, 0.25) is 0 Å². The van der Waals surface area contributed by atoms with E-state index in [4.69, 9.17) is 4.52 Å². The first-order chi connectivity index (χ1) is 9.13. The van der Waals surface area contributed by atoms with Gasteiger partial charge in [-0.3, -0.25) is 0 Å². The van der Waals surface area contributed by atoms with Crippen molar-refractivity contribution in [1.29, 1.82) is 0 Å². The van der Waals surface area contributed by atoms with E-state index < -0.39 is 0 Å². The third kappa shape index (κ3) is 3.01. The SMILES string of the molecule is CCc1nc(NC)c(C)c(NCc2cc(C)on2)n1. The molecule has 0 aliphatic carbocycles. The number of nitrogens with zero attached hydrogens (tertiary/aromatic N) is 3. The van der Waals surface area contributed by atoms with Gasteiger partial charge < -0.3 is 15.2 Å². The van der Waals surface area contributed by atoms with E-state index in [-0.39, 0.29) is 0 Å². The summed E-state index contributed by atoms with van der Waals surface area (Å²) in [4.78, 5) is 8.93. The summed E-state index contributed by atoms with van der Waals surface area (Å²) in [6, 6.07) is 1.91. The van der Waals surface area contributed by atoms with Gasteiger partial charge in [0, 0.05) is 25.1 Å². The van der Waals surface area contributed by atoms with Crippen molar-refractivity contribution in [3.63, 3.8) is 0 Å². The highest BCUT2D eigenvalue weighted by molar-refractivity contribution is 5.57. The van der Waals surface area contributed by atoms with Gasteiger partial charge in [-0.1, -0.05) is 12.1 Å². The molecule has 6 nitrogen and oxygen atoms in total. The van der Waals surface area contributed by atoms with E-state index in [1.807, 2.05) is 33.9 Å². The second-order valence-corrected chi connectivity index (χ2v) is 4.35. The maximum absolute atomic E-state index is 5.04. The van der Waals surface area contributed by atoms with Gasteiger partial charge >= 0.3 is 0 Å². The third-order valence-electron chi connectivity index (χ3n) is 2.86. The molecule has 0 atom stereocenters. The van der Waals surface area contributed by atoms with Gasteiger partial charge in [-0.2, -0.15) is 0 Å². The van der Waals surface area contributed by atoms with Crippen LogP contribution in [0.3, 0.4) is 0 Å². The van der Waals surface area contributed by atoms with Crippen molar-refractivity contribution < 1.29 is 4.52 Å². The average molecular weight is 261 g/mol. The van der Waals surface area contributed by atoms with Gasteiger partial charge in [0.25, 0.3) is 0 Å². The Balaban J connectivity index is 2.19. The van der Waals surface area contributed by atoms with Crippen molar-refractivity contribution in [2.45, 2.75) is 33.7 Å². The molecule has 19 heavy (non-hydrogen) atoms. The minimum atomic E-state index is 0.585. The average Bonchev–Trinajstić information content (AvgIpc) is 2.83. The number of aryl methyl sites for hydroxylation is 2. The quantitative estimate of drug-likeness (QED) is 0.860. The van der Waals surface area contributed by atoms with Crippen LogP contribution in [0.4, 0.5) is 11.6 Å². The highest BCUT2D eigenvalue weighted by atomic mass is 16.5. The Morgan fingerprint density at radius 1 is 1.21 bits per heavy atom. The number of nitrogens with one attached hydrogen (secondary N) is 2. The number of aromatic nitrogens is 3. The Labute approximate surface area is 112 Å². The zero-order chi connectivity index (χ0) is 13.8. The summed E-state index contributed by atoms with van der Waals surface area (Å²) in [5, 5.41) is 10.3. The number of hydrogen-bond donors (Lipinski definition) is 2. The Kier molecular flexibility index (Phi) is 3.99. The van der Waals surface area contributed by atoms with Gasteiger partial charge in [-0.05, 0) is 13.8 Å². The summed E-state index contributed by atoms with van der Waals surface area (Å²) in [6.07, 6.45) is 0.798. The Morgan fingerprint density at radius 3 is 2.53 bits per heavy atom. The second-order valence-electron chi connectivity index (χ2n) is 4.35. The van der Waals surface area contributed by atoms with E-state index in [1.165, 1.54) is 0 Å². The molecule has 102 valence electrons. The van der Waals surface area contributed by atoms with Crippen molar-refractivity contribution in [3.8, 4) is 0 Å². The molecule has 0 saturated carbocycles. The Bertz CT molecular complexity index is 564. The van der Waals surface area contributed by atoms with Crippen molar-refractivity contribution in [2.75, 3.05) is 17.7 Å². The van der Waals surface area contributed by atoms with Crippen LogP contribution >= 0.6 is 0 Å². The van der Waals surface area contributed by atoms with Crippen LogP contribution in [0.25, 0.3) is 0 Å². The Morgan fingerprint density at radius 2 is 1.95 bits per heavy atom. The van der Waals surface area contributed by atoms with Gasteiger partial charge in [0.1, 0.15) is 28.9 Å². The van der Waals surface area contributed by atoms with Crippen LogP contribution in [0.5, 0.6) is 0 Å². The van der Waals surface area contributed by atoms with Crippen molar-refractivity contribution in [2.24, 2.45) is 0 Å². The molecule has 0 unspecified atom stereocenters. The first kappa shape index (κ1) is 13.3. The minimum absolute atomic E-state index is 0.585. The van der Waals surface area contributed by atoms with Crippen molar-refractivity contribution in [3.05, 3.63) is 28.9 Å². The molecule has 2 N–H and O–H groups in total. The first-order valence-electron chi connectivity index (χ1n) is 6.35. The monoisotopic (exact) mass is 261 g/mol. The van der Waals surface area contributed by atoms with E-state index in [2.05, 4.69) is 25.8 Å². The molecule has 2 heterocycles. The topological polar surface area (TPSA) is 75.9 Å². The normalized spacial score (nSPS) is 10.5. The highest BCUT2D eigenvalue weighted by Crippen LogP contribution is 2.20. The lowest BCUT2D eigenvalue weighted by Crippen LogP contribution is -2.09. The molecule has 0 aliphatic rings. The summed E-state index contributed by atoms with van der Waals surface area (Å²) in [5.41, 5.74) is 1.86. The molecule has 2 aromatic rings. The van der Waals surface area contributed by atoms with Crippen LogP contribution in [-0.4, -0.2) is 22.2 Å². The van der Waals surface area contributed by atoms with Crippen molar-refractivity contribution in [1.82, 2.24) is 15.1 Å². The van der Waals surface area contributed by atoms with E-state index in [9.17, 15) is 0 Å². The lowest BCUT2D eigenvalue weighted by molar-refractivity contribution is 0.391.